The Balaban J connectivity index is 2.02. The highest BCUT2D eigenvalue weighted by atomic mass is 35.5. The zero-order chi connectivity index (χ0) is 14.5. The van der Waals surface area contributed by atoms with Crippen molar-refractivity contribution in [3.05, 3.63) is 29.6 Å². The lowest BCUT2D eigenvalue weighted by molar-refractivity contribution is 0.0644. The number of alkyl halides is 1. The lowest BCUT2D eigenvalue weighted by Gasteiger charge is -2.34. The van der Waals surface area contributed by atoms with Crippen molar-refractivity contribution in [2.24, 2.45) is 0 Å². The van der Waals surface area contributed by atoms with Crippen molar-refractivity contribution in [1.29, 1.82) is 0 Å². The number of carbonyl (C=O) groups excluding carboxylic acids is 1. The van der Waals surface area contributed by atoms with Gasteiger partial charge in [0.2, 0.25) is 0 Å². The van der Waals surface area contributed by atoms with Crippen molar-refractivity contribution in [1.82, 2.24) is 9.80 Å². The van der Waals surface area contributed by atoms with Crippen LogP contribution in [0.25, 0.3) is 0 Å². The number of ether oxygens (including phenoxy) is 1. The maximum atomic E-state index is 13.3. The Morgan fingerprint density at radius 3 is 2.65 bits per heavy atom. The fourth-order valence-corrected chi connectivity index (χ4v) is 2.51. The predicted molar refractivity (Wildman–Crippen MR) is 76.0 cm³/mol. The molecule has 0 saturated carbocycles. The standard InChI is InChI=1S/C14H18ClFN2O2/c1-20-13-10-11(2-3-12(13)16)14(19)18-8-6-17(5-4-15)7-9-18/h2-3,10H,4-9H2,1H3. The van der Waals surface area contributed by atoms with E-state index in [4.69, 9.17) is 16.3 Å². The molecule has 1 aromatic rings. The molecule has 1 fully saturated rings. The van der Waals surface area contributed by atoms with Gasteiger partial charge < -0.3 is 9.64 Å². The van der Waals surface area contributed by atoms with Crippen molar-refractivity contribution in [3.63, 3.8) is 0 Å². The van der Waals surface area contributed by atoms with E-state index in [0.717, 1.165) is 19.6 Å². The Morgan fingerprint density at radius 1 is 1.35 bits per heavy atom. The molecular weight excluding hydrogens is 283 g/mol. The fraction of sp³-hybridized carbons (Fsp3) is 0.500. The summed E-state index contributed by atoms with van der Waals surface area (Å²) in [5, 5.41) is 0. The molecule has 0 atom stereocenters. The topological polar surface area (TPSA) is 32.8 Å². The van der Waals surface area contributed by atoms with Crippen LogP contribution in [0.4, 0.5) is 4.39 Å². The highest BCUT2D eigenvalue weighted by molar-refractivity contribution is 6.18. The first kappa shape index (κ1) is 15.1. The van der Waals surface area contributed by atoms with Gasteiger partial charge in [-0.25, -0.2) is 4.39 Å². The maximum Gasteiger partial charge on any atom is 0.254 e. The van der Waals surface area contributed by atoms with E-state index in [2.05, 4.69) is 4.90 Å². The zero-order valence-corrected chi connectivity index (χ0v) is 12.2. The molecule has 1 aliphatic rings. The van der Waals surface area contributed by atoms with Gasteiger partial charge >= 0.3 is 0 Å². The Bertz CT molecular complexity index is 476. The van der Waals surface area contributed by atoms with Crippen LogP contribution in [0, 0.1) is 5.82 Å². The summed E-state index contributed by atoms with van der Waals surface area (Å²) in [6, 6.07) is 4.20. The van der Waals surface area contributed by atoms with E-state index in [-0.39, 0.29) is 11.7 Å². The molecule has 20 heavy (non-hydrogen) atoms. The normalized spacial score (nSPS) is 16.2. The molecule has 1 aromatic carbocycles. The smallest absolute Gasteiger partial charge is 0.254 e. The molecule has 4 nitrogen and oxygen atoms in total. The molecular formula is C14H18ClFN2O2. The van der Waals surface area contributed by atoms with Crippen LogP contribution in [0.3, 0.4) is 0 Å². The first-order chi connectivity index (χ1) is 9.65. The molecule has 1 aliphatic heterocycles. The molecule has 1 saturated heterocycles. The first-order valence-corrected chi connectivity index (χ1v) is 7.10. The Hall–Kier alpha value is -1.33. The minimum atomic E-state index is -0.462. The third-order valence-corrected chi connectivity index (χ3v) is 3.63. The number of benzene rings is 1. The number of carbonyl (C=O) groups is 1. The van der Waals surface area contributed by atoms with E-state index in [1.807, 2.05) is 0 Å². The summed E-state index contributed by atoms with van der Waals surface area (Å²) < 4.78 is 18.2. The van der Waals surface area contributed by atoms with Gasteiger partial charge in [0.05, 0.1) is 7.11 Å². The number of nitrogens with zero attached hydrogens (tertiary/aromatic N) is 2. The molecule has 1 amide bonds. The molecule has 2 rings (SSSR count). The molecule has 0 radical (unpaired) electrons. The van der Waals surface area contributed by atoms with Crippen LogP contribution in [0.15, 0.2) is 18.2 Å². The Labute approximate surface area is 123 Å². The average molecular weight is 301 g/mol. The monoisotopic (exact) mass is 300 g/mol. The Morgan fingerprint density at radius 2 is 2.05 bits per heavy atom. The second-order valence-corrected chi connectivity index (χ2v) is 5.05. The first-order valence-electron chi connectivity index (χ1n) is 6.57. The third-order valence-electron chi connectivity index (χ3n) is 3.46. The van der Waals surface area contributed by atoms with Gasteiger partial charge in [0.15, 0.2) is 11.6 Å². The number of amides is 1. The molecule has 1 heterocycles. The highest BCUT2D eigenvalue weighted by Gasteiger charge is 2.22. The number of hydrogen-bond donors (Lipinski definition) is 0. The molecule has 0 aliphatic carbocycles. The van der Waals surface area contributed by atoms with Crippen LogP contribution >= 0.6 is 11.6 Å². The van der Waals surface area contributed by atoms with Crippen LogP contribution in [0.1, 0.15) is 10.4 Å². The van der Waals surface area contributed by atoms with Crippen LogP contribution in [0.2, 0.25) is 0 Å². The summed E-state index contributed by atoms with van der Waals surface area (Å²) >= 11 is 5.71. The zero-order valence-electron chi connectivity index (χ0n) is 11.4. The lowest BCUT2D eigenvalue weighted by atomic mass is 10.1. The van der Waals surface area contributed by atoms with E-state index >= 15 is 0 Å². The fourth-order valence-electron chi connectivity index (χ4n) is 2.27. The van der Waals surface area contributed by atoms with Gasteiger partial charge in [0.1, 0.15) is 0 Å². The molecule has 0 aromatic heterocycles. The van der Waals surface area contributed by atoms with E-state index in [0.29, 0.717) is 24.5 Å². The van der Waals surface area contributed by atoms with Crippen molar-refractivity contribution in [3.8, 4) is 5.75 Å². The van der Waals surface area contributed by atoms with Crippen molar-refractivity contribution in [2.75, 3.05) is 45.7 Å². The molecule has 110 valence electrons. The van der Waals surface area contributed by atoms with E-state index in [9.17, 15) is 9.18 Å². The molecule has 6 heteroatoms. The number of rotatable bonds is 4. The molecule has 0 bridgehead atoms. The van der Waals surface area contributed by atoms with Crippen LogP contribution in [-0.2, 0) is 0 Å². The van der Waals surface area contributed by atoms with Crippen molar-refractivity contribution < 1.29 is 13.9 Å². The Kier molecular flexibility index (Phi) is 5.20. The summed E-state index contributed by atoms with van der Waals surface area (Å²) in [7, 11) is 1.39. The molecule has 0 spiro atoms. The summed E-state index contributed by atoms with van der Waals surface area (Å²) in [5.41, 5.74) is 0.453. The maximum absolute atomic E-state index is 13.3. The number of piperazine rings is 1. The summed E-state index contributed by atoms with van der Waals surface area (Å²) in [6.07, 6.45) is 0. The second kappa shape index (κ2) is 6.90. The largest absolute Gasteiger partial charge is 0.494 e. The lowest BCUT2D eigenvalue weighted by Crippen LogP contribution is -2.49. The van der Waals surface area contributed by atoms with Gasteiger partial charge in [-0.05, 0) is 18.2 Å². The quantitative estimate of drug-likeness (QED) is 0.795. The average Bonchev–Trinajstić information content (AvgIpc) is 2.48. The number of halogens is 2. The molecule has 0 unspecified atom stereocenters. The van der Waals surface area contributed by atoms with E-state index in [1.54, 1.807) is 4.90 Å². The van der Waals surface area contributed by atoms with Gasteiger partial charge in [-0.15, -0.1) is 11.6 Å². The summed E-state index contributed by atoms with van der Waals surface area (Å²) in [4.78, 5) is 16.3. The van der Waals surface area contributed by atoms with Gasteiger partial charge in [0, 0.05) is 44.2 Å². The van der Waals surface area contributed by atoms with Crippen molar-refractivity contribution in [2.45, 2.75) is 0 Å². The summed E-state index contributed by atoms with van der Waals surface area (Å²) in [6.45, 7) is 3.80. The van der Waals surface area contributed by atoms with Crippen LogP contribution in [0.5, 0.6) is 5.75 Å². The van der Waals surface area contributed by atoms with Gasteiger partial charge in [-0.1, -0.05) is 0 Å². The SMILES string of the molecule is COc1cc(C(=O)N2CCN(CCCl)CC2)ccc1F. The number of hydrogen-bond acceptors (Lipinski definition) is 3. The second-order valence-electron chi connectivity index (χ2n) is 4.67. The predicted octanol–water partition coefficient (Wildman–Crippen LogP) is 1.83. The van der Waals surface area contributed by atoms with Gasteiger partial charge in [-0.2, -0.15) is 0 Å². The number of methoxy groups -OCH3 is 1. The van der Waals surface area contributed by atoms with E-state index in [1.165, 1.54) is 25.3 Å². The van der Waals surface area contributed by atoms with Gasteiger partial charge in [-0.3, -0.25) is 9.69 Å². The van der Waals surface area contributed by atoms with Crippen molar-refractivity contribution >= 4 is 17.5 Å². The van der Waals surface area contributed by atoms with Crippen LogP contribution in [-0.4, -0.2) is 61.4 Å². The minimum Gasteiger partial charge on any atom is -0.494 e. The van der Waals surface area contributed by atoms with E-state index < -0.39 is 5.82 Å². The minimum absolute atomic E-state index is 0.0891. The molecule has 0 N–H and O–H groups in total. The van der Waals surface area contributed by atoms with Crippen LogP contribution < -0.4 is 4.74 Å². The third kappa shape index (κ3) is 3.41. The summed E-state index contributed by atoms with van der Waals surface area (Å²) in [5.74, 6) is 0.143. The highest BCUT2D eigenvalue weighted by Crippen LogP contribution is 2.19. The van der Waals surface area contributed by atoms with Gasteiger partial charge in [0.25, 0.3) is 5.91 Å².